The maximum atomic E-state index is 12.6. The summed E-state index contributed by atoms with van der Waals surface area (Å²) in [7, 11) is 0. The van der Waals surface area contributed by atoms with Crippen LogP contribution in [0.2, 0.25) is 0 Å². The van der Waals surface area contributed by atoms with E-state index >= 15 is 0 Å². The molecule has 144 valence electrons. The largest absolute Gasteiger partial charge is 0.463 e. The highest BCUT2D eigenvalue weighted by molar-refractivity contribution is 5.99. The van der Waals surface area contributed by atoms with Gasteiger partial charge in [-0.05, 0) is 31.2 Å². The summed E-state index contributed by atoms with van der Waals surface area (Å²) in [6, 6.07) is 5.02. The third kappa shape index (κ3) is 4.44. The molecule has 4 N–H and O–H groups in total. The van der Waals surface area contributed by atoms with Gasteiger partial charge in [0.05, 0.1) is 6.26 Å². The van der Waals surface area contributed by atoms with Crippen LogP contribution < -0.4 is 16.4 Å². The molecular formula is C17H21ClN6O3. The Labute approximate surface area is 161 Å². The Hall–Kier alpha value is -2.91. The zero-order valence-corrected chi connectivity index (χ0v) is 15.6. The quantitative estimate of drug-likeness (QED) is 0.495. The minimum absolute atomic E-state index is 0. The first-order valence-electron chi connectivity index (χ1n) is 8.32. The lowest BCUT2D eigenvalue weighted by Crippen LogP contribution is -2.33. The van der Waals surface area contributed by atoms with E-state index in [-0.39, 0.29) is 35.3 Å². The first kappa shape index (κ1) is 20.4. The second kappa shape index (κ2) is 9.15. The van der Waals surface area contributed by atoms with E-state index in [1.54, 1.807) is 18.2 Å². The number of hydrogen-bond donors (Lipinski definition) is 3. The summed E-state index contributed by atoms with van der Waals surface area (Å²) in [4.78, 5) is 32.6. The molecule has 9 nitrogen and oxygen atoms in total. The van der Waals surface area contributed by atoms with Gasteiger partial charge in [-0.2, -0.15) is 0 Å². The van der Waals surface area contributed by atoms with Gasteiger partial charge >= 0.3 is 0 Å². The van der Waals surface area contributed by atoms with Crippen LogP contribution in [-0.2, 0) is 0 Å². The van der Waals surface area contributed by atoms with E-state index in [4.69, 9.17) is 10.2 Å². The van der Waals surface area contributed by atoms with E-state index < -0.39 is 5.91 Å². The van der Waals surface area contributed by atoms with Gasteiger partial charge in [0.25, 0.3) is 11.8 Å². The lowest BCUT2D eigenvalue weighted by atomic mass is 10.2. The Morgan fingerprint density at radius 3 is 2.78 bits per heavy atom. The number of furan rings is 1. The number of nitrogens with two attached hydrogens (primary N) is 1. The molecule has 0 atom stereocenters. The SMILES string of the molecule is CCCNCCNC(=O)c1cc(-c2ccco2)nc2c(C(N)=O)ncn12.Cl. The van der Waals surface area contributed by atoms with Gasteiger partial charge < -0.3 is 20.8 Å². The van der Waals surface area contributed by atoms with Gasteiger partial charge in [0.1, 0.15) is 17.7 Å². The van der Waals surface area contributed by atoms with E-state index in [1.807, 2.05) is 0 Å². The number of fused-ring (bicyclic) bond motifs is 1. The fourth-order valence-electron chi connectivity index (χ4n) is 2.53. The van der Waals surface area contributed by atoms with Crippen LogP contribution >= 0.6 is 12.4 Å². The molecule has 0 bridgehead atoms. The van der Waals surface area contributed by atoms with Crippen LogP contribution in [0.1, 0.15) is 34.3 Å². The van der Waals surface area contributed by atoms with Crippen molar-refractivity contribution in [3.05, 3.63) is 42.2 Å². The third-order valence-corrected chi connectivity index (χ3v) is 3.76. The summed E-state index contributed by atoms with van der Waals surface area (Å²) in [5, 5.41) is 6.05. The molecule has 2 amide bonds. The summed E-state index contributed by atoms with van der Waals surface area (Å²) in [5.74, 6) is -0.550. The molecule has 0 fully saturated rings. The van der Waals surface area contributed by atoms with Crippen molar-refractivity contribution in [2.45, 2.75) is 13.3 Å². The minimum Gasteiger partial charge on any atom is -0.463 e. The lowest BCUT2D eigenvalue weighted by Gasteiger charge is -2.09. The minimum atomic E-state index is -0.716. The van der Waals surface area contributed by atoms with Crippen molar-refractivity contribution < 1.29 is 14.0 Å². The Kier molecular flexibility index (Phi) is 6.91. The number of aromatic nitrogens is 3. The molecule has 10 heteroatoms. The average molecular weight is 393 g/mol. The molecule has 0 aliphatic carbocycles. The summed E-state index contributed by atoms with van der Waals surface area (Å²) in [5.41, 5.74) is 6.27. The van der Waals surface area contributed by atoms with Crippen LogP contribution in [0.15, 0.2) is 35.2 Å². The number of carbonyl (C=O) groups is 2. The first-order chi connectivity index (χ1) is 12.6. The summed E-state index contributed by atoms with van der Waals surface area (Å²) in [6.07, 6.45) is 3.89. The molecule has 3 rings (SSSR count). The van der Waals surface area contributed by atoms with Gasteiger partial charge in [0.15, 0.2) is 17.1 Å². The average Bonchev–Trinajstić information content (AvgIpc) is 3.29. The number of nitrogens with zero attached hydrogens (tertiary/aromatic N) is 3. The van der Waals surface area contributed by atoms with Crippen LogP contribution in [0.25, 0.3) is 17.1 Å². The molecule has 3 aromatic rings. The predicted molar refractivity (Wildman–Crippen MR) is 102 cm³/mol. The van der Waals surface area contributed by atoms with E-state index in [0.29, 0.717) is 24.5 Å². The highest BCUT2D eigenvalue weighted by atomic mass is 35.5. The fraction of sp³-hybridized carbons (Fsp3) is 0.294. The predicted octanol–water partition coefficient (Wildman–Crippen LogP) is 1.24. The highest BCUT2D eigenvalue weighted by Crippen LogP contribution is 2.21. The van der Waals surface area contributed by atoms with Crippen LogP contribution in [0, 0.1) is 0 Å². The van der Waals surface area contributed by atoms with Crippen molar-refractivity contribution in [3.63, 3.8) is 0 Å². The van der Waals surface area contributed by atoms with E-state index in [2.05, 4.69) is 27.5 Å². The van der Waals surface area contributed by atoms with Crippen LogP contribution in [0.3, 0.4) is 0 Å². The Morgan fingerprint density at radius 1 is 1.30 bits per heavy atom. The van der Waals surface area contributed by atoms with Crippen molar-refractivity contribution in [1.29, 1.82) is 0 Å². The summed E-state index contributed by atoms with van der Waals surface area (Å²) < 4.78 is 6.80. The second-order valence-corrected chi connectivity index (χ2v) is 5.66. The molecule has 0 saturated heterocycles. The number of imidazole rings is 1. The Morgan fingerprint density at radius 2 is 2.11 bits per heavy atom. The molecule has 3 heterocycles. The van der Waals surface area contributed by atoms with Gasteiger partial charge in [0, 0.05) is 13.1 Å². The van der Waals surface area contributed by atoms with Gasteiger partial charge in [-0.25, -0.2) is 9.97 Å². The summed E-state index contributed by atoms with van der Waals surface area (Å²) in [6.45, 7) is 4.09. The van der Waals surface area contributed by atoms with Crippen molar-refractivity contribution in [2.75, 3.05) is 19.6 Å². The summed E-state index contributed by atoms with van der Waals surface area (Å²) >= 11 is 0. The van der Waals surface area contributed by atoms with Gasteiger partial charge in [0.2, 0.25) is 0 Å². The van der Waals surface area contributed by atoms with Gasteiger partial charge in [-0.1, -0.05) is 6.92 Å². The van der Waals surface area contributed by atoms with E-state index in [1.165, 1.54) is 17.0 Å². The smallest absolute Gasteiger partial charge is 0.271 e. The molecular weight excluding hydrogens is 372 g/mol. The molecule has 0 radical (unpaired) electrons. The number of halogens is 1. The monoisotopic (exact) mass is 392 g/mol. The van der Waals surface area contributed by atoms with Gasteiger partial charge in [-0.3, -0.25) is 14.0 Å². The number of carbonyl (C=O) groups excluding carboxylic acids is 2. The van der Waals surface area contributed by atoms with Crippen molar-refractivity contribution in [2.24, 2.45) is 5.73 Å². The third-order valence-electron chi connectivity index (χ3n) is 3.76. The fourth-order valence-corrected chi connectivity index (χ4v) is 2.53. The van der Waals surface area contributed by atoms with Crippen molar-refractivity contribution >= 4 is 29.9 Å². The van der Waals surface area contributed by atoms with Crippen LogP contribution in [-0.4, -0.2) is 45.8 Å². The maximum Gasteiger partial charge on any atom is 0.271 e. The van der Waals surface area contributed by atoms with E-state index in [9.17, 15) is 9.59 Å². The molecule has 0 aliphatic rings. The molecule has 27 heavy (non-hydrogen) atoms. The molecule has 0 spiro atoms. The maximum absolute atomic E-state index is 12.6. The zero-order chi connectivity index (χ0) is 18.5. The van der Waals surface area contributed by atoms with Crippen LogP contribution in [0.4, 0.5) is 0 Å². The van der Waals surface area contributed by atoms with Gasteiger partial charge in [-0.15, -0.1) is 12.4 Å². The number of rotatable bonds is 8. The number of hydrogen-bond acceptors (Lipinski definition) is 6. The highest BCUT2D eigenvalue weighted by Gasteiger charge is 2.20. The molecule has 0 aliphatic heterocycles. The molecule has 3 aromatic heterocycles. The zero-order valence-electron chi connectivity index (χ0n) is 14.8. The standard InChI is InChI=1S/C17H20N6O3.ClH/c1-2-5-19-6-7-20-17(25)12-9-11(13-4-3-8-26-13)22-16-14(15(18)24)21-10-23(12)16;/h3-4,8-10,19H,2,5-7H2,1H3,(H2,18,24)(H,20,25);1H. The molecule has 0 saturated carbocycles. The lowest BCUT2D eigenvalue weighted by molar-refractivity contribution is 0.0945. The van der Waals surface area contributed by atoms with Crippen LogP contribution in [0.5, 0.6) is 0 Å². The molecule has 0 unspecified atom stereocenters. The van der Waals surface area contributed by atoms with E-state index in [0.717, 1.165) is 13.0 Å². The Bertz CT molecular complexity index is 922. The van der Waals surface area contributed by atoms with Crippen molar-refractivity contribution in [3.8, 4) is 11.5 Å². The Balaban J connectivity index is 0.00000261. The first-order valence-corrected chi connectivity index (χ1v) is 8.32. The number of amides is 2. The van der Waals surface area contributed by atoms with Crippen molar-refractivity contribution in [1.82, 2.24) is 25.0 Å². The topological polar surface area (TPSA) is 128 Å². The molecule has 0 aromatic carbocycles. The normalized spacial score (nSPS) is 10.6. The second-order valence-electron chi connectivity index (χ2n) is 5.66. The number of nitrogens with one attached hydrogen (secondary N) is 2. The number of primary amides is 1.